The first-order valence-corrected chi connectivity index (χ1v) is 7.45. The number of hydrogen-bond donors (Lipinski definition) is 2. The SMILES string of the molecule is CCCNc1nc(N)c(C(=O)c2ccc3c(c2)OCO3)s1. The lowest BCUT2D eigenvalue weighted by Crippen LogP contribution is -2.02. The zero-order chi connectivity index (χ0) is 14.8. The molecule has 0 saturated carbocycles. The Kier molecular flexibility index (Phi) is 3.66. The van der Waals surface area contributed by atoms with Crippen LogP contribution in [0.2, 0.25) is 0 Å². The Morgan fingerprint density at radius 3 is 3.05 bits per heavy atom. The first-order valence-electron chi connectivity index (χ1n) is 6.63. The number of benzene rings is 1. The van der Waals surface area contributed by atoms with Crippen LogP contribution in [0.15, 0.2) is 18.2 Å². The monoisotopic (exact) mass is 305 g/mol. The van der Waals surface area contributed by atoms with Gasteiger partial charge in [-0.3, -0.25) is 4.79 Å². The second-order valence-corrected chi connectivity index (χ2v) is 5.56. The number of fused-ring (bicyclic) bond motifs is 1. The number of hydrogen-bond acceptors (Lipinski definition) is 7. The van der Waals surface area contributed by atoms with Crippen LogP contribution in [0.1, 0.15) is 28.6 Å². The molecule has 0 fully saturated rings. The summed E-state index contributed by atoms with van der Waals surface area (Å²) >= 11 is 1.27. The van der Waals surface area contributed by atoms with Crippen LogP contribution in [0.4, 0.5) is 10.9 Å². The minimum absolute atomic E-state index is 0.159. The molecule has 1 aliphatic rings. The van der Waals surface area contributed by atoms with Crippen LogP contribution in [0.25, 0.3) is 0 Å². The van der Waals surface area contributed by atoms with Crippen LogP contribution in [-0.2, 0) is 0 Å². The largest absolute Gasteiger partial charge is 0.454 e. The molecule has 0 saturated heterocycles. The van der Waals surface area contributed by atoms with Crippen molar-refractivity contribution in [3.63, 3.8) is 0 Å². The van der Waals surface area contributed by atoms with Gasteiger partial charge in [0.2, 0.25) is 12.6 Å². The maximum atomic E-state index is 12.5. The lowest BCUT2D eigenvalue weighted by Gasteiger charge is -2.01. The molecule has 7 heteroatoms. The quantitative estimate of drug-likeness (QED) is 0.825. The smallest absolute Gasteiger partial charge is 0.231 e. The average Bonchev–Trinajstić information content (AvgIpc) is 3.09. The van der Waals surface area contributed by atoms with Gasteiger partial charge in [0.15, 0.2) is 16.6 Å². The molecule has 2 aromatic rings. The molecule has 0 radical (unpaired) electrons. The van der Waals surface area contributed by atoms with Crippen molar-refractivity contribution in [2.75, 3.05) is 24.4 Å². The van der Waals surface area contributed by atoms with Crippen LogP contribution in [0, 0.1) is 0 Å². The number of carbonyl (C=O) groups is 1. The summed E-state index contributed by atoms with van der Waals surface area (Å²) in [5, 5.41) is 3.80. The van der Waals surface area contributed by atoms with Crippen molar-refractivity contribution in [2.45, 2.75) is 13.3 Å². The number of carbonyl (C=O) groups excluding carboxylic acids is 1. The summed E-state index contributed by atoms with van der Waals surface area (Å²) in [6, 6.07) is 5.10. The highest BCUT2D eigenvalue weighted by molar-refractivity contribution is 7.18. The Balaban J connectivity index is 1.86. The van der Waals surface area contributed by atoms with E-state index in [-0.39, 0.29) is 18.4 Å². The molecule has 0 bridgehead atoms. The zero-order valence-electron chi connectivity index (χ0n) is 11.5. The summed E-state index contributed by atoms with van der Waals surface area (Å²) in [7, 11) is 0. The molecule has 21 heavy (non-hydrogen) atoms. The predicted octanol–water partition coefficient (Wildman–Crippen LogP) is 2.51. The van der Waals surface area contributed by atoms with Crippen molar-refractivity contribution in [2.24, 2.45) is 0 Å². The fourth-order valence-electron chi connectivity index (χ4n) is 1.97. The van der Waals surface area contributed by atoms with E-state index in [2.05, 4.69) is 17.2 Å². The van der Waals surface area contributed by atoms with Gasteiger partial charge in [-0.05, 0) is 24.6 Å². The second kappa shape index (κ2) is 5.61. The van der Waals surface area contributed by atoms with Crippen LogP contribution in [0.5, 0.6) is 11.5 Å². The van der Waals surface area contributed by atoms with E-state index in [0.717, 1.165) is 13.0 Å². The van der Waals surface area contributed by atoms with Gasteiger partial charge < -0.3 is 20.5 Å². The number of nitrogen functional groups attached to an aromatic ring is 1. The number of nitrogens with zero attached hydrogens (tertiary/aromatic N) is 1. The molecular formula is C14H15N3O3S. The maximum absolute atomic E-state index is 12.5. The molecule has 1 aromatic heterocycles. The highest BCUT2D eigenvalue weighted by Gasteiger charge is 2.21. The zero-order valence-corrected chi connectivity index (χ0v) is 12.3. The molecular weight excluding hydrogens is 290 g/mol. The molecule has 1 aromatic carbocycles. The third-order valence-corrected chi connectivity index (χ3v) is 4.05. The Morgan fingerprint density at radius 2 is 2.24 bits per heavy atom. The van der Waals surface area contributed by atoms with E-state index < -0.39 is 0 Å². The normalized spacial score (nSPS) is 12.4. The molecule has 1 aliphatic heterocycles. The van der Waals surface area contributed by atoms with Crippen molar-refractivity contribution < 1.29 is 14.3 Å². The molecule has 2 heterocycles. The summed E-state index contributed by atoms with van der Waals surface area (Å²) in [6.07, 6.45) is 0.977. The molecule has 0 amide bonds. The number of rotatable bonds is 5. The van der Waals surface area contributed by atoms with Crippen LogP contribution >= 0.6 is 11.3 Å². The Labute approximate surface area is 125 Å². The van der Waals surface area contributed by atoms with Crippen molar-refractivity contribution in [1.29, 1.82) is 0 Å². The van der Waals surface area contributed by atoms with E-state index in [1.165, 1.54) is 11.3 Å². The number of ether oxygens (including phenoxy) is 2. The summed E-state index contributed by atoms with van der Waals surface area (Å²) in [5.74, 6) is 1.32. The topological polar surface area (TPSA) is 86.5 Å². The number of thiazole rings is 1. The van der Waals surface area contributed by atoms with Gasteiger partial charge >= 0.3 is 0 Å². The summed E-state index contributed by atoms with van der Waals surface area (Å²) in [6.45, 7) is 3.04. The van der Waals surface area contributed by atoms with Gasteiger partial charge in [0, 0.05) is 12.1 Å². The minimum Gasteiger partial charge on any atom is -0.454 e. The second-order valence-electron chi connectivity index (χ2n) is 4.56. The number of nitrogens with one attached hydrogen (secondary N) is 1. The van der Waals surface area contributed by atoms with Gasteiger partial charge in [0.25, 0.3) is 0 Å². The van der Waals surface area contributed by atoms with E-state index in [4.69, 9.17) is 15.2 Å². The van der Waals surface area contributed by atoms with E-state index >= 15 is 0 Å². The fourth-order valence-corrected chi connectivity index (χ4v) is 2.84. The van der Waals surface area contributed by atoms with Gasteiger partial charge in [-0.15, -0.1) is 0 Å². The van der Waals surface area contributed by atoms with Crippen molar-refractivity contribution in [3.8, 4) is 11.5 Å². The van der Waals surface area contributed by atoms with Crippen LogP contribution < -0.4 is 20.5 Å². The molecule has 3 rings (SSSR count). The Bertz CT molecular complexity index is 684. The van der Waals surface area contributed by atoms with Crippen molar-refractivity contribution in [1.82, 2.24) is 4.98 Å². The van der Waals surface area contributed by atoms with Gasteiger partial charge in [0.1, 0.15) is 10.7 Å². The predicted molar refractivity (Wildman–Crippen MR) is 81.3 cm³/mol. The first-order chi connectivity index (χ1) is 10.2. The van der Waals surface area contributed by atoms with Crippen molar-refractivity contribution in [3.05, 3.63) is 28.6 Å². The summed E-state index contributed by atoms with van der Waals surface area (Å²) < 4.78 is 10.5. The highest BCUT2D eigenvalue weighted by Crippen LogP contribution is 2.34. The highest BCUT2D eigenvalue weighted by atomic mass is 32.1. The first kappa shape index (κ1) is 13.7. The number of aromatic nitrogens is 1. The molecule has 6 nitrogen and oxygen atoms in total. The molecule has 0 atom stereocenters. The number of ketones is 1. The summed E-state index contributed by atoms with van der Waals surface area (Å²) in [4.78, 5) is 17.1. The van der Waals surface area contributed by atoms with Crippen LogP contribution in [0.3, 0.4) is 0 Å². The minimum atomic E-state index is -0.159. The Hall–Kier alpha value is -2.28. The summed E-state index contributed by atoms with van der Waals surface area (Å²) in [5.41, 5.74) is 6.36. The average molecular weight is 305 g/mol. The van der Waals surface area contributed by atoms with Crippen LogP contribution in [-0.4, -0.2) is 24.1 Å². The van der Waals surface area contributed by atoms with Gasteiger partial charge in [0.05, 0.1) is 0 Å². The molecule has 0 aliphatic carbocycles. The molecule has 110 valence electrons. The Morgan fingerprint density at radius 1 is 1.43 bits per heavy atom. The number of nitrogens with two attached hydrogens (primary N) is 1. The van der Waals surface area contributed by atoms with E-state index in [1.807, 2.05) is 0 Å². The van der Waals surface area contributed by atoms with E-state index in [0.29, 0.717) is 27.1 Å². The standard InChI is InChI=1S/C14H15N3O3S/c1-2-5-16-14-17-13(15)12(21-14)11(18)8-3-4-9-10(6-8)20-7-19-9/h3-4,6H,2,5,7,15H2,1H3,(H,16,17). The number of anilines is 2. The van der Waals surface area contributed by atoms with Gasteiger partial charge in [-0.25, -0.2) is 4.98 Å². The van der Waals surface area contributed by atoms with E-state index in [9.17, 15) is 4.79 Å². The van der Waals surface area contributed by atoms with E-state index in [1.54, 1.807) is 18.2 Å². The fraction of sp³-hybridized carbons (Fsp3) is 0.286. The maximum Gasteiger partial charge on any atom is 0.231 e. The lowest BCUT2D eigenvalue weighted by atomic mass is 10.1. The third kappa shape index (κ3) is 2.64. The lowest BCUT2D eigenvalue weighted by molar-refractivity contribution is 0.104. The molecule has 3 N–H and O–H groups in total. The van der Waals surface area contributed by atoms with Gasteiger partial charge in [-0.2, -0.15) is 0 Å². The molecule has 0 spiro atoms. The third-order valence-electron chi connectivity index (χ3n) is 3.02. The molecule has 0 unspecified atom stereocenters. The van der Waals surface area contributed by atoms with Crippen molar-refractivity contribution >= 4 is 28.1 Å². The van der Waals surface area contributed by atoms with Gasteiger partial charge in [-0.1, -0.05) is 18.3 Å².